The first-order valence-corrected chi connectivity index (χ1v) is 9.92. The van der Waals surface area contributed by atoms with Crippen molar-refractivity contribution in [3.05, 3.63) is 77.5 Å². The van der Waals surface area contributed by atoms with Crippen LogP contribution in [0.15, 0.2) is 60.7 Å². The number of benzene rings is 2. The van der Waals surface area contributed by atoms with E-state index in [1.165, 1.54) is 24.3 Å². The van der Waals surface area contributed by atoms with E-state index in [2.05, 4.69) is 57.4 Å². The van der Waals surface area contributed by atoms with Gasteiger partial charge in [0.2, 0.25) is 0 Å². The van der Waals surface area contributed by atoms with E-state index in [0.717, 1.165) is 54.9 Å². The van der Waals surface area contributed by atoms with Crippen LogP contribution in [-0.4, -0.2) is 44.2 Å². The van der Waals surface area contributed by atoms with E-state index < -0.39 is 0 Å². The molecule has 1 saturated heterocycles. The van der Waals surface area contributed by atoms with Crippen LogP contribution in [0.2, 0.25) is 0 Å². The molecule has 1 aliphatic heterocycles. The van der Waals surface area contributed by atoms with Crippen LogP contribution in [0.4, 0.5) is 5.69 Å². The number of ether oxygens (including phenoxy) is 1. The molecule has 0 saturated carbocycles. The second-order valence-electron chi connectivity index (χ2n) is 7.18. The number of esters is 1. The number of aromatic nitrogens is 1. The third-order valence-electron chi connectivity index (χ3n) is 5.15. The average Bonchev–Trinajstić information content (AvgIpc) is 2.78. The molecule has 1 N–H and O–H groups in total. The number of nitrogens with zero attached hydrogens (tertiary/aromatic N) is 2. The summed E-state index contributed by atoms with van der Waals surface area (Å²) in [6, 6.07) is 19.0. The Labute approximate surface area is 171 Å². The predicted octanol–water partition coefficient (Wildman–Crippen LogP) is 3.42. The summed E-state index contributed by atoms with van der Waals surface area (Å²) in [5.74, 6) is -0.382. The van der Waals surface area contributed by atoms with E-state index >= 15 is 0 Å². The zero-order valence-electron chi connectivity index (χ0n) is 16.6. The molecule has 0 unspecified atom stereocenters. The van der Waals surface area contributed by atoms with Crippen LogP contribution in [0.1, 0.15) is 16.8 Å². The molecule has 2 aromatic carbocycles. The van der Waals surface area contributed by atoms with Crippen molar-refractivity contribution in [2.24, 2.45) is 0 Å². The molecule has 0 spiro atoms. The van der Waals surface area contributed by atoms with Gasteiger partial charge < -0.3 is 15.0 Å². The zero-order chi connectivity index (χ0) is 20.1. The van der Waals surface area contributed by atoms with Gasteiger partial charge in [0.05, 0.1) is 24.0 Å². The highest BCUT2D eigenvalue weighted by atomic mass is 16.5. The van der Waals surface area contributed by atoms with Crippen LogP contribution in [-0.2, 0) is 16.0 Å². The van der Waals surface area contributed by atoms with Crippen molar-refractivity contribution in [3.63, 3.8) is 0 Å². The fourth-order valence-electron chi connectivity index (χ4n) is 3.69. The van der Waals surface area contributed by atoms with Gasteiger partial charge in [-0.1, -0.05) is 36.4 Å². The summed E-state index contributed by atoms with van der Waals surface area (Å²) in [5.41, 5.74) is 5.44. The number of rotatable bonds is 5. The van der Waals surface area contributed by atoms with Crippen molar-refractivity contribution in [2.75, 3.05) is 38.2 Å². The summed E-state index contributed by atoms with van der Waals surface area (Å²) >= 11 is 0. The van der Waals surface area contributed by atoms with Crippen molar-refractivity contribution < 1.29 is 9.53 Å². The van der Waals surface area contributed by atoms with Gasteiger partial charge in [-0.25, -0.2) is 9.78 Å². The topological polar surface area (TPSA) is 54.5 Å². The van der Waals surface area contributed by atoms with Crippen molar-refractivity contribution >= 4 is 28.6 Å². The average molecular weight is 387 g/mol. The molecule has 4 rings (SSSR count). The van der Waals surface area contributed by atoms with E-state index in [1.54, 1.807) is 6.08 Å². The molecular formula is C24H25N3O2. The Balaban J connectivity index is 1.75. The number of pyridine rings is 1. The molecule has 0 radical (unpaired) electrons. The van der Waals surface area contributed by atoms with Gasteiger partial charge in [0, 0.05) is 37.6 Å². The zero-order valence-corrected chi connectivity index (χ0v) is 16.6. The predicted molar refractivity (Wildman–Crippen MR) is 117 cm³/mol. The lowest BCUT2D eigenvalue weighted by molar-refractivity contribution is -0.134. The summed E-state index contributed by atoms with van der Waals surface area (Å²) in [7, 11) is 1.37. The number of carbonyl (C=O) groups is 1. The van der Waals surface area contributed by atoms with Gasteiger partial charge >= 0.3 is 5.97 Å². The first-order valence-electron chi connectivity index (χ1n) is 9.92. The molecule has 0 amide bonds. The third kappa shape index (κ3) is 4.63. The van der Waals surface area contributed by atoms with E-state index in [4.69, 9.17) is 4.98 Å². The second-order valence-corrected chi connectivity index (χ2v) is 7.18. The molecular weight excluding hydrogens is 362 g/mol. The molecule has 1 aromatic heterocycles. The van der Waals surface area contributed by atoms with Crippen LogP contribution >= 0.6 is 0 Å². The molecule has 1 fully saturated rings. The van der Waals surface area contributed by atoms with Gasteiger partial charge in [0.15, 0.2) is 0 Å². The summed E-state index contributed by atoms with van der Waals surface area (Å²) in [6.07, 6.45) is 3.99. The molecule has 0 bridgehead atoms. The minimum absolute atomic E-state index is 0.382. The maximum atomic E-state index is 11.4. The maximum absolute atomic E-state index is 11.4. The van der Waals surface area contributed by atoms with Crippen molar-refractivity contribution in [2.45, 2.75) is 6.42 Å². The number of hydrogen-bond donors (Lipinski definition) is 1. The fraction of sp³-hybridized carbons (Fsp3) is 0.250. The Morgan fingerprint density at radius 2 is 1.90 bits per heavy atom. The first kappa shape index (κ1) is 19.2. The van der Waals surface area contributed by atoms with E-state index in [-0.39, 0.29) is 5.97 Å². The summed E-state index contributed by atoms with van der Waals surface area (Å²) in [5, 5.41) is 4.53. The number of nitrogens with one attached hydrogen (secondary N) is 1. The smallest absolute Gasteiger partial charge is 0.330 e. The molecule has 2 heterocycles. The van der Waals surface area contributed by atoms with Crippen LogP contribution in [0.3, 0.4) is 0 Å². The molecule has 5 heteroatoms. The van der Waals surface area contributed by atoms with Crippen LogP contribution < -0.4 is 10.2 Å². The Kier molecular flexibility index (Phi) is 5.86. The lowest BCUT2D eigenvalue weighted by Crippen LogP contribution is -2.43. The summed E-state index contributed by atoms with van der Waals surface area (Å²) in [6.45, 7) is 3.83. The van der Waals surface area contributed by atoms with Crippen molar-refractivity contribution in [1.29, 1.82) is 0 Å². The van der Waals surface area contributed by atoms with Gasteiger partial charge in [-0.3, -0.25) is 0 Å². The number of carbonyl (C=O) groups excluding carboxylic acids is 1. The number of piperazine rings is 1. The molecule has 3 aromatic rings. The standard InChI is InChI=1S/C24H25N3O2/c1-29-23(28)10-9-21-8-7-20-16-19(15-18-5-3-2-4-6-18)17-22(24(20)26-21)27-13-11-25-12-14-27/h2-10,16-17,25H,11-15H2,1H3. The number of methoxy groups -OCH3 is 1. The van der Waals surface area contributed by atoms with E-state index in [1.807, 2.05) is 12.1 Å². The van der Waals surface area contributed by atoms with Crippen LogP contribution in [0.25, 0.3) is 17.0 Å². The number of fused-ring (bicyclic) bond motifs is 1. The summed E-state index contributed by atoms with van der Waals surface area (Å²) in [4.78, 5) is 18.7. The Hall–Kier alpha value is -3.18. The van der Waals surface area contributed by atoms with Crippen LogP contribution in [0, 0.1) is 0 Å². The highest BCUT2D eigenvalue weighted by Crippen LogP contribution is 2.29. The van der Waals surface area contributed by atoms with Gasteiger partial charge in [-0.2, -0.15) is 0 Å². The molecule has 0 atom stereocenters. The lowest BCUT2D eigenvalue weighted by atomic mass is 10.0. The minimum atomic E-state index is -0.382. The van der Waals surface area contributed by atoms with E-state index in [0.29, 0.717) is 0 Å². The molecule has 5 nitrogen and oxygen atoms in total. The molecule has 1 aliphatic rings. The minimum Gasteiger partial charge on any atom is -0.466 e. The largest absolute Gasteiger partial charge is 0.466 e. The van der Waals surface area contributed by atoms with E-state index in [9.17, 15) is 4.79 Å². The normalized spacial score (nSPS) is 14.4. The Bertz CT molecular complexity index is 1020. The van der Waals surface area contributed by atoms with Crippen molar-refractivity contribution in [3.8, 4) is 0 Å². The second kappa shape index (κ2) is 8.88. The molecule has 148 valence electrons. The molecule has 29 heavy (non-hydrogen) atoms. The van der Waals surface area contributed by atoms with Gasteiger partial charge in [-0.05, 0) is 41.8 Å². The third-order valence-corrected chi connectivity index (χ3v) is 5.15. The number of anilines is 1. The van der Waals surface area contributed by atoms with Crippen molar-refractivity contribution in [1.82, 2.24) is 10.3 Å². The Morgan fingerprint density at radius 3 is 2.66 bits per heavy atom. The Morgan fingerprint density at radius 1 is 1.10 bits per heavy atom. The van der Waals surface area contributed by atoms with Gasteiger partial charge in [0.1, 0.15) is 0 Å². The number of hydrogen-bond acceptors (Lipinski definition) is 5. The van der Waals surface area contributed by atoms with Gasteiger partial charge in [-0.15, -0.1) is 0 Å². The summed E-state index contributed by atoms with van der Waals surface area (Å²) < 4.78 is 4.68. The maximum Gasteiger partial charge on any atom is 0.330 e. The first-order chi connectivity index (χ1) is 14.2. The molecule has 0 aliphatic carbocycles. The fourth-order valence-corrected chi connectivity index (χ4v) is 3.69. The monoisotopic (exact) mass is 387 g/mol. The SMILES string of the molecule is COC(=O)C=Cc1ccc2cc(Cc3ccccc3)cc(N3CCNCC3)c2n1. The highest BCUT2D eigenvalue weighted by molar-refractivity contribution is 5.93. The lowest BCUT2D eigenvalue weighted by Gasteiger charge is -2.30. The van der Waals surface area contributed by atoms with Gasteiger partial charge in [0.25, 0.3) is 0 Å². The quantitative estimate of drug-likeness (QED) is 0.537. The van der Waals surface area contributed by atoms with Crippen LogP contribution in [0.5, 0.6) is 0 Å². The highest BCUT2D eigenvalue weighted by Gasteiger charge is 2.16.